The molecule has 160 valence electrons. The molecule has 1 N–H and O–H groups in total. The Morgan fingerprint density at radius 3 is 2.06 bits per heavy atom. The van der Waals surface area contributed by atoms with Gasteiger partial charge in [0.2, 0.25) is 11.0 Å². The van der Waals surface area contributed by atoms with E-state index in [9.17, 15) is 21.7 Å². The molecule has 0 aliphatic carbocycles. The van der Waals surface area contributed by atoms with Crippen molar-refractivity contribution in [3.8, 4) is 17.1 Å². The van der Waals surface area contributed by atoms with Crippen molar-refractivity contribution in [3.05, 3.63) is 90.0 Å². The molecule has 0 aliphatic rings. The summed E-state index contributed by atoms with van der Waals surface area (Å²) in [6, 6.07) is 23.7. The van der Waals surface area contributed by atoms with E-state index >= 15 is 0 Å². The number of nitrogens with one attached hydrogen (secondary N) is 1. The molecule has 0 fully saturated rings. The molecule has 1 heterocycles. The minimum absolute atomic E-state index is 0.262. The lowest BCUT2D eigenvalue weighted by Gasteiger charge is -2.04. The second-order valence-corrected chi connectivity index (χ2v) is 6.38. The largest absolute Gasteiger partial charge is 0.673 e. The van der Waals surface area contributed by atoms with Gasteiger partial charge in [-0.3, -0.25) is 0 Å². The minimum atomic E-state index is -6.00. The zero-order valence-electron chi connectivity index (χ0n) is 16.3. The highest BCUT2D eigenvalue weighted by Crippen LogP contribution is 2.24. The van der Waals surface area contributed by atoms with Crippen molar-refractivity contribution < 1.29 is 35.8 Å². The molecular formula is C22H17BF5NO2. The van der Waals surface area contributed by atoms with Crippen molar-refractivity contribution in [1.82, 2.24) is 0 Å². The molecule has 0 aliphatic heterocycles. The van der Waals surface area contributed by atoms with Crippen LogP contribution in [0.15, 0.2) is 83.3 Å². The van der Waals surface area contributed by atoms with Gasteiger partial charge in [0.25, 0.3) is 0 Å². The predicted octanol–water partition coefficient (Wildman–Crippen LogP) is 4.86. The molecule has 0 amide bonds. The Hall–Kier alpha value is -3.62. The Balaban J connectivity index is 0.000000491. The maximum atomic E-state index is 13.2. The normalized spacial score (nSPS) is 11.7. The van der Waals surface area contributed by atoms with E-state index in [0.29, 0.717) is 0 Å². The van der Waals surface area contributed by atoms with Crippen LogP contribution in [0.5, 0.6) is 5.75 Å². The van der Waals surface area contributed by atoms with Crippen molar-refractivity contribution in [2.24, 2.45) is 0 Å². The highest BCUT2D eigenvalue weighted by Gasteiger charge is 2.20. The van der Waals surface area contributed by atoms with Crippen molar-refractivity contribution in [3.63, 3.8) is 0 Å². The van der Waals surface area contributed by atoms with Crippen LogP contribution in [0, 0.1) is 5.82 Å². The first-order valence-corrected chi connectivity index (χ1v) is 9.13. The van der Waals surface area contributed by atoms with Crippen LogP contribution in [0.3, 0.4) is 0 Å². The predicted molar refractivity (Wildman–Crippen MR) is 109 cm³/mol. The van der Waals surface area contributed by atoms with Crippen molar-refractivity contribution in [2.75, 3.05) is 7.11 Å². The van der Waals surface area contributed by atoms with Crippen LogP contribution < -0.4 is 15.1 Å². The summed E-state index contributed by atoms with van der Waals surface area (Å²) in [5.74, 6) is 1.26. The Morgan fingerprint density at radius 1 is 0.839 bits per heavy atom. The van der Waals surface area contributed by atoms with E-state index in [4.69, 9.17) is 9.15 Å². The summed E-state index contributed by atoms with van der Waals surface area (Å²) in [7, 11) is -4.36. The number of hydrogen-bond acceptors (Lipinski definition) is 2. The molecule has 0 spiro atoms. The molecule has 0 saturated heterocycles. The molecule has 0 saturated carbocycles. The number of para-hydroxylation sites is 1. The van der Waals surface area contributed by atoms with Crippen molar-refractivity contribution >= 4 is 23.9 Å². The van der Waals surface area contributed by atoms with E-state index in [0.717, 1.165) is 39.1 Å². The monoisotopic (exact) mass is 433 g/mol. The van der Waals surface area contributed by atoms with Crippen LogP contribution in [0.25, 0.3) is 22.3 Å². The number of methoxy groups -OCH3 is 1. The number of rotatable bonds is 3. The summed E-state index contributed by atoms with van der Waals surface area (Å²) in [6.45, 7) is 0. The Labute approximate surface area is 174 Å². The molecule has 0 radical (unpaired) electrons. The van der Waals surface area contributed by atoms with Gasteiger partial charge in [0.1, 0.15) is 22.9 Å². The topological polar surface area (TPSA) is 36.3 Å². The molecule has 3 aromatic carbocycles. The minimum Gasteiger partial charge on any atom is -0.497 e. The standard InChI is InChI=1S/C22H16FNO2.BF4/c1-25-18-12-6-15(7-13-18)22-14-20(19-4-2-3-5-21(19)26-22)24-17-10-8-16(23)9-11-17;2-1(3,4)5/h2-14H,1H3;/q;-1/p+1. The summed E-state index contributed by atoms with van der Waals surface area (Å²) in [6.07, 6.45) is 0. The number of fused-ring (bicyclic) bond motifs is 1. The third kappa shape index (κ3) is 6.43. The molecule has 0 unspecified atom stereocenters. The quantitative estimate of drug-likeness (QED) is 0.370. The van der Waals surface area contributed by atoms with Gasteiger partial charge in [-0.15, -0.1) is 0 Å². The Kier molecular flexibility index (Phi) is 6.74. The zero-order chi connectivity index (χ0) is 22.4. The number of benzene rings is 3. The van der Waals surface area contributed by atoms with Crippen molar-refractivity contribution in [1.29, 1.82) is 0 Å². The Morgan fingerprint density at radius 2 is 1.45 bits per heavy atom. The Bertz CT molecular complexity index is 1210. The smallest absolute Gasteiger partial charge is 0.497 e. The van der Waals surface area contributed by atoms with E-state index in [2.05, 4.69) is 4.99 Å². The van der Waals surface area contributed by atoms with Crippen LogP contribution in [-0.4, -0.2) is 14.4 Å². The van der Waals surface area contributed by atoms with Gasteiger partial charge in [0.15, 0.2) is 0 Å². The van der Waals surface area contributed by atoms with E-state index in [1.807, 2.05) is 54.6 Å². The van der Waals surface area contributed by atoms with Gasteiger partial charge in [0, 0.05) is 17.7 Å². The molecular weight excluding hydrogens is 416 g/mol. The van der Waals surface area contributed by atoms with Gasteiger partial charge in [-0.2, -0.15) is 0 Å². The summed E-state index contributed by atoms with van der Waals surface area (Å²) in [5, 5.41) is 1.85. The highest BCUT2D eigenvalue weighted by molar-refractivity contribution is 6.50. The first-order valence-electron chi connectivity index (χ1n) is 9.13. The van der Waals surface area contributed by atoms with Gasteiger partial charge < -0.3 is 26.4 Å². The fourth-order valence-electron chi connectivity index (χ4n) is 2.82. The second-order valence-electron chi connectivity index (χ2n) is 6.38. The van der Waals surface area contributed by atoms with Crippen LogP contribution in [0.4, 0.5) is 27.3 Å². The van der Waals surface area contributed by atoms with Gasteiger partial charge in [-0.1, -0.05) is 12.1 Å². The van der Waals surface area contributed by atoms with Gasteiger partial charge in [-0.05, 0) is 48.5 Å². The molecule has 4 aromatic rings. The summed E-state index contributed by atoms with van der Waals surface area (Å²) < 4.78 is 63.5. The van der Waals surface area contributed by atoms with Crippen LogP contribution in [-0.2, 0) is 0 Å². The fraction of sp³-hybridized carbons (Fsp3) is 0.0455. The maximum Gasteiger partial charge on any atom is 0.673 e. The van der Waals surface area contributed by atoms with Crippen LogP contribution in [0.2, 0.25) is 0 Å². The zero-order valence-corrected chi connectivity index (χ0v) is 16.3. The summed E-state index contributed by atoms with van der Waals surface area (Å²) >= 11 is 0. The number of hydrogen-bond donors (Lipinski definition) is 1. The van der Waals surface area contributed by atoms with Gasteiger partial charge in [0.05, 0.1) is 18.6 Å². The average molecular weight is 433 g/mol. The number of halogens is 5. The lowest BCUT2D eigenvalue weighted by Crippen LogP contribution is -2.70. The van der Waals surface area contributed by atoms with E-state index in [1.165, 1.54) is 12.1 Å². The molecule has 4 rings (SSSR count). The van der Waals surface area contributed by atoms with Gasteiger partial charge >= 0.3 is 7.25 Å². The first kappa shape index (κ1) is 22.1. The second kappa shape index (κ2) is 9.46. The molecule has 0 atom stereocenters. The molecule has 1 aromatic heterocycles. The third-order valence-corrected chi connectivity index (χ3v) is 4.17. The first-order chi connectivity index (χ1) is 14.7. The lowest BCUT2D eigenvalue weighted by atomic mass is 10.1. The highest BCUT2D eigenvalue weighted by atomic mass is 19.5. The van der Waals surface area contributed by atoms with Crippen LogP contribution >= 0.6 is 0 Å². The SMILES string of the molecule is COc1ccc(-c2cc(=[NH+]c3ccc(F)cc3)c3ccccc3o2)cc1.F[B-](F)(F)F. The van der Waals surface area contributed by atoms with E-state index in [-0.39, 0.29) is 5.82 Å². The maximum absolute atomic E-state index is 13.2. The van der Waals surface area contributed by atoms with E-state index < -0.39 is 7.25 Å². The third-order valence-electron chi connectivity index (χ3n) is 4.17. The summed E-state index contributed by atoms with van der Waals surface area (Å²) in [5.41, 5.74) is 2.52. The molecule has 3 nitrogen and oxygen atoms in total. The van der Waals surface area contributed by atoms with Crippen molar-refractivity contribution in [2.45, 2.75) is 0 Å². The van der Waals surface area contributed by atoms with E-state index in [1.54, 1.807) is 19.2 Å². The molecule has 9 heteroatoms. The van der Waals surface area contributed by atoms with Gasteiger partial charge in [-0.25, -0.2) is 9.38 Å². The summed E-state index contributed by atoms with van der Waals surface area (Å²) in [4.78, 5) is 3.36. The molecule has 31 heavy (non-hydrogen) atoms. The van der Waals surface area contributed by atoms with Crippen LogP contribution in [0.1, 0.15) is 0 Å². The lowest BCUT2D eigenvalue weighted by molar-refractivity contribution is -0.400. The average Bonchev–Trinajstić information content (AvgIpc) is 2.74. The fourth-order valence-corrected chi connectivity index (χ4v) is 2.82. The molecule has 0 bridgehead atoms. The number of ether oxygens (including phenoxy) is 1.